The molecule has 1 aromatic carbocycles. The van der Waals surface area contributed by atoms with Gasteiger partial charge in [-0.05, 0) is 18.6 Å². The predicted octanol–water partition coefficient (Wildman–Crippen LogP) is 0.434. The summed E-state index contributed by atoms with van der Waals surface area (Å²) in [6, 6.07) is 5.87. The molecular weight excluding hydrogens is 514 g/mol. The fraction of sp³-hybridized carbons (Fsp3) is 0.429. The quantitative estimate of drug-likeness (QED) is 0.0896. The van der Waals surface area contributed by atoms with Crippen molar-refractivity contribution in [3.8, 4) is 5.75 Å². The third-order valence-corrected chi connectivity index (χ3v) is 7.42. The minimum absolute atomic E-state index is 0.0457. The highest BCUT2D eigenvalue weighted by atomic mass is 32.3. The fourth-order valence-corrected chi connectivity index (χ4v) is 4.67. The first-order valence-corrected chi connectivity index (χ1v) is 13.3. The molecule has 0 aliphatic carbocycles. The van der Waals surface area contributed by atoms with Crippen molar-refractivity contribution in [3.05, 3.63) is 36.0 Å². The average Bonchev–Trinajstić information content (AvgIpc) is 3.35. The Morgan fingerprint density at radius 3 is 2.64 bits per heavy atom. The van der Waals surface area contributed by atoms with E-state index in [-0.39, 0.29) is 41.6 Å². The Labute approximate surface area is 211 Å². The number of morpholine rings is 1. The van der Waals surface area contributed by atoms with Gasteiger partial charge < -0.3 is 14.8 Å². The Morgan fingerprint density at radius 2 is 1.94 bits per heavy atom. The smallest absolute Gasteiger partial charge is 0.311 e. The maximum atomic E-state index is 12.8. The molecule has 196 valence electrons. The summed E-state index contributed by atoms with van der Waals surface area (Å²) in [5.41, 5.74) is -0.0576. The number of hydrogen-bond donors (Lipinski definition) is 3. The molecule has 1 aliphatic heterocycles. The standard InChI is InChI=1S/C21H27N5O8S2/c22-26(21-24-14-19(35-21)36(30,31)32)20(29)15-4-1-2-5-16(15)34-18(28)7-3-6-17(27)23-8-9-25-10-12-33-13-11-25/h1-2,4-5,14H,3,6-13,22H2,(H,23,27)(H,30,31,32). The van der Waals surface area contributed by atoms with Crippen LogP contribution in [0.25, 0.3) is 0 Å². The number of carbonyl (C=O) groups excluding carboxylic acids is 3. The number of amides is 2. The summed E-state index contributed by atoms with van der Waals surface area (Å²) in [5, 5.41) is 3.22. The third-order valence-electron chi connectivity index (χ3n) is 5.13. The lowest BCUT2D eigenvalue weighted by Crippen LogP contribution is -2.41. The van der Waals surface area contributed by atoms with Crippen LogP contribution in [0.1, 0.15) is 29.6 Å². The van der Waals surface area contributed by atoms with Crippen molar-refractivity contribution in [2.45, 2.75) is 23.5 Å². The maximum Gasteiger partial charge on any atom is 0.311 e. The van der Waals surface area contributed by atoms with Crippen molar-refractivity contribution in [2.24, 2.45) is 5.84 Å². The summed E-state index contributed by atoms with van der Waals surface area (Å²) in [6.45, 7) is 4.30. The van der Waals surface area contributed by atoms with Crippen LogP contribution < -0.4 is 20.9 Å². The molecule has 1 aromatic heterocycles. The van der Waals surface area contributed by atoms with Gasteiger partial charge in [0.25, 0.3) is 5.91 Å². The lowest BCUT2D eigenvalue weighted by Gasteiger charge is -2.26. The van der Waals surface area contributed by atoms with Crippen LogP contribution in [-0.2, 0) is 24.4 Å². The van der Waals surface area contributed by atoms with Crippen LogP contribution in [0.3, 0.4) is 0 Å². The highest BCUT2D eigenvalue weighted by Crippen LogP contribution is 2.27. The number of aromatic nitrogens is 1. The molecule has 0 radical (unpaired) electrons. The molecule has 2 heterocycles. The molecule has 0 unspecified atom stereocenters. The van der Waals surface area contributed by atoms with Crippen LogP contribution in [0.5, 0.6) is 5.75 Å². The summed E-state index contributed by atoms with van der Waals surface area (Å²) >= 11 is 0.495. The number of anilines is 1. The number of rotatable bonds is 11. The van der Waals surface area contributed by atoms with Gasteiger partial charge in [-0.15, -0.1) is 0 Å². The molecule has 36 heavy (non-hydrogen) atoms. The molecule has 2 amide bonds. The molecule has 1 saturated heterocycles. The van der Waals surface area contributed by atoms with Gasteiger partial charge in [-0.3, -0.25) is 23.8 Å². The normalized spacial score (nSPS) is 14.3. The first kappa shape index (κ1) is 27.6. The van der Waals surface area contributed by atoms with E-state index < -0.39 is 26.2 Å². The molecule has 4 N–H and O–H groups in total. The van der Waals surface area contributed by atoms with Gasteiger partial charge in [0.2, 0.25) is 11.0 Å². The molecule has 0 bridgehead atoms. The van der Waals surface area contributed by atoms with Gasteiger partial charge in [0.1, 0.15) is 5.75 Å². The van der Waals surface area contributed by atoms with Crippen molar-refractivity contribution in [2.75, 3.05) is 44.4 Å². The molecule has 3 rings (SSSR count). The Balaban J connectivity index is 1.48. The second kappa shape index (κ2) is 12.8. The van der Waals surface area contributed by atoms with E-state index in [1.54, 1.807) is 6.07 Å². The minimum atomic E-state index is -4.50. The van der Waals surface area contributed by atoms with Gasteiger partial charge in [0.05, 0.1) is 25.0 Å². The molecule has 0 spiro atoms. The lowest BCUT2D eigenvalue weighted by atomic mass is 10.2. The van der Waals surface area contributed by atoms with E-state index in [4.69, 9.17) is 19.9 Å². The number of para-hydroxylation sites is 1. The number of ether oxygens (including phenoxy) is 2. The van der Waals surface area contributed by atoms with E-state index in [1.807, 2.05) is 0 Å². The van der Waals surface area contributed by atoms with Gasteiger partial charge in [0, 0.05) is 39.0 Å². The van der Waals surface area contributed by atoms with E-state index in [1.165, 1.54) is 18.2 Å². The van der Waals surface area contributed by atoms with E-state index in [2.05, 4.69) is 15.2 Å². The Morgan fingerprint density at radius 1 is 1.22 bits per heavy atom. The Bertz CT molecular complexity index is 1180. The van der Waals surface area contributed by atoms with Crippen LogP contribution in [-0.4, -0.2) is 80.0 Å². The third kappa shape index (κ3) is 8.04. The topological polar surface area (TPSA) is 181 Å². The van der Waals surface area contributed by atoms with Gasteiger partial charge in [-0.1, -0.05) is 23.5 Å². The minimum Gasteiger partial charge on any atom is -0.426 e. The van der Waals surface area contributed by atoms with E-state index >= 15 is 0 Å². The van der Waals surface area contributed by atoms with Gasteiger partial charge >= 0.3 is 16.1 Å². The zero-order chi connectivity index (χ0) is 26.1. The highest BCUT2D eigenvalue weighted by Gasteiger charge is 2.24. The zero-order valence-corrected chi connectivity index (χ0v) is 20.9. The van der Waals surface area contributed by atoms with Crippen molar-refractivity contribution in [1.29, 1.82) is 0 Å². The van der Waals surface area contributed by atoms with Crippen LogP contribution in [0, 0.1) is 0 Å². The van der Waals surface area contributed by atoms with Crippen LogP contribution in [0.15, 0.2) is 34.7 Å². The van der Waals surface area contributed by atoms with Gasteiger partial charge in [-0.25, -0.2) is 15.8 Å². The summed E-state index contributed by atoms with van der Waals surface area (Å²) in [7, 11) is -4.50. The average molecular weight is 542 g/mol. The van der Waals surface area contributed by atoms with Crippen molar-refractivity contribution < 1.29 is 36.8 Å². The number of nitrogens with one attached hydrogen (secondary N) is 1. The number of nitrogens with two attached hydrogens (primary N) is 1. The second-order valence-electron chi connectivity index (χ2n) is 7.74. The summed E-state index contributed by atoms with van der Waals surface area (Å²) in [4.78, 5) is 43.1. The summed E-state index contributed by atoms with van der Waals surface area (Å²) in [6.07, 6.45) is 1.23. The van der Waals surface area contributed by atoms with E-state index in [9.17, 15) is 22.8 Å². The number of benzene rings is 1. The summed E-state index contributed by atoms with van der Waals surface area (Å²) in [5.74, 6) is 4.12. The molecule has 2 aromatic rings. The second-order valence-corrected chi connectivity index (χ2v) is 10.4. The maximum absolute atomic E-state index is 12.8. The molecule has 0 saturated carbocycles. The van der Waals surface area contributed by atoms with Crippen LogP contribution in [0.2, 0.25) is 0 Å². The highest BCUT2D eigenvalue weighted by molar-refractivity contribution is 7.88. The monoisotopic (exact) mass is 541 g/mol. The van der Waals surface area contributed by atoms with Crippen molar-refractivity contribution in [3.63, 3.8) is 0 Å². The molecule has 0 atom stereocenters. The predicted molar refractivity (Wildman–Crippen MR) is 129 cm³/mol. The molecule has 13 nitrogen and oxygen atoms in total. The largest absolute Gasteiger partial charge is 0.426 e. The van der Waals surface area contributed by atoms with E-state index in [0.717, 1.165) is 25.8 Å². The Hall–Kier alpha value is -2.95. The van der Waals surface area contributed by atoms with Gasteiger partial charge in [-0.2, -0.15) is 8.42 Å². The molecule has 1 fully saturated rings. The van der Waals surface area contributed by atoms with Gasteiger partial charge in [0.15, 0.2) is 4.21 Å². The van der Waals surface area contributed by atoms with E-state index in [0.29, 0.717) is 36.1 Å². The lowest BCUT2D eigenvalue weighted by molar-refractivity contribution is -0.134. The number of nitrogens with zero attached hydrogens (tertiary/aromatic N) is 3. The molecular formula is C21H27N5O8S2. The SMILES string of the molecule is NN(C(=O)c1ccccc1OC(=O)CCCC(=O)NCCN1CCOCC1)c1ncc(S(=O)(=O)O)s1. The first-order chi connectivity index (χ1) is 17.1. The molecule has 15 heteroatoms. The number of hydrogen-bond acceptors (Lipinski definition) is 11. The zero-order valence-electron chi connectivity index (χ0n) is 19.3. The number of esters is 1. The molecule has 1 aliphatic rings. The number of carbonyl (C=O) groups is 3. The number of thiazole rings is 1. The van der Waals surface area contributed by atoms with Crippen LogP contribution >= 0.6 is 11.3 Å². The summed E-state index contributed by atoms with van der Waals surface area (Å²) < 4.78 is 41.6. The van der Waals surface area contributed by atoms with Crippen molar-refractivity contribution >= 4 is 44.4 Å². The number of hydrazine groups is 1. The fourth-order valence-electron chi connectivity index (χ4n) is 3.26. The van der Waals surface area contributed by atoms with Crippen molar-refractivity contribution in [1.82, 2.24) is 15.2 Å². The van der Waals surface area contributed by atoms with Crippen LogP contribution in [0.4, 0.5) is 5.13 Å². The first-order valence-electron chi connectivity index (χ1n) is 11.0. The Kier molecular flexibility index (Phi) is 9.86.